The molecule has 0 bridgehead atoms. The SMILES string of the molecule is CCC(C)NC(=O)C(Cc1ccccc1)N(Cc1ccccc1C)C(=O)COc1ccccc1C(C)C. The van der Waals surface area contributed by atoms with Crippen molar-refractivity contribution in [2.45, 2.75) is 72.0 Å². The summed E-state index contributed by atoms with van der Waals surface area (Å²) in [5.74, 6) is 0.594. The number of hydrogen-bond acceptors (Lipinski definition) is 3. The summed E-state index contributed by atoms with van der Waals surface area (Å²) < 4.78 is 6.07. The molecule has 0 spiro atoms. The van der Waals surface area contributed by atoms with E-state index in [1.54, 1.807) is 4.90 Å². The van der Waals surface area contributed by atoms with E-state index in [9.17, 15) is 9.59 Å². The topological polar surface area (TPSA) is 58.6 Å². The third kappa shape index (κ3) is 7.94. The van der Waals surface area contributed by atoms with Gasteiger partial charge < -0.3 is 15.0 Å². The lowest BCUT2D eigenvalue weighted by atomic mass is 10.0. The molecule has 37 heavy (non-hydrogen) atoms. The summed E-state index contributed by atoms with van der Waals surface area (Å²) in [5, 5.41) is 3.11. The van der Waals surface area contributed by atoms with Crippen LogP contribution in [-0.4, -0.2) is 35.4 Å². The van der Waals surface area contributed by atoms with Gasteiger partial charge >= 0.3 is 0 Å². The Kier molecular flexibility index (Phi) is 10.3. The van der Waals surface area contributed by atoms with Crippen LogP contribution >= 0.6 is 0 Å². The first-order chi connectivity index (χ1) is 17.8. The molecule has 0 saturated heterocycles. The van der Waals surface area contributed by atoms with Crippen LogP contribution in [0.25, 0.3) is 0 Å². The summed E-state index contributed by atoms with van der Waals surface area (Å²) in [4.78, 5) is 29.1. The van der Waals surface area contributed by atoms with E-state index in [2.05, 4.69) is 19.2 Å². The fourth-order valence-electron chi connectivity index (χ4n) is 4.28. The van der Waals surface area contributed by atoms with E-state index in [0.717, 1.165) is 28.7 Å². The van der Waals surface area contributed by atoms with Crippen LogP contribution in [0.2, 0.25) is 0 Å². The van der Waals surface area contributed by atoms with Crippen LogP contribution in [0.5, 0.6) is 5.75 Å². The lowest BCUT2D eigenvalue weighted by Gasteiger charge is -2.32. The zero-order valence-corrected chi connectivity index (χ0v) is 22.7. The van der Waals surface area contributed by atoms with Crippen molar-refractivity contribution in [3.8, 4) is 5.75 Å². The van der Waals surface area contributed by atoms with Crippen LogP contribution in [0.1, 0.15) is 62.3 Å². The fraction of sp³-hybridized carbons (Fsp3) is 0.375. The first-order valence-electron chi connectivity index (χ1n) is 13.2. The molecule has 0 fully saturated rings. The highest BCUT2D eigenvalue weighted by Crippen LogP contribution is 2.26. The van der Waals surface area contributed by atoms with E-state index in [1.165, 1.54) is 0 Å². The Balaban J connectivity index is 1.95. The maximum absolute atomic E-state index is 13.8. The van der Waals surface area contributed by atoms with Gasteiger partial charge in [-0.3, -0.25) is 9.59 Å². The van der Waals surface area contributed by atoms with Gasteiger partial charge in [0, 0.05) is 19.0 Å². The number of nitrogens with zero attached hydrogens (tertiary/aromatic N) is 1. The predicted octanol–water partition coefficient (Wildman–Crippen LogP) is 6.05. The van der Waals surface area contributed by atoms with Gasteiger partial charge in [-0.25, -0.2) is 0 Å². The zero-order valence-electron chi connectivity index (χ0n) is 22.7. The third-order valence-electron chi connectivity index (χ3n) is 6.77. The van der Waals surface area contributed by atoms with Crippen LogP contribution in [0, 0.1) is 6.92 Å². The molecule has 196 valence electrons. The first kappa shape index (κ1) is 28.0. The second kappa shape index (κ2) is 13.6. The molecule has 3 aromatic rings. The number of hydrogen-bond donors (Lipinski definition) is 1. The maximum atomic E-state index is 13.8. The van der Waals surface area contributed by atoms with E-state index in [-0.39, 0.29) is 30.4 Å². The number of carbonyl (C=O) groups excluding carboxylic acids is 2. The number of benzene rings is 3. The molecular weight excluding hydrogens is 460 g/mol. The lowest BCUT2D eigenvalue weighted by molar-refractivity contribution is -0.143. The molecule has 5 nitrogen and oxygen atoms in total. The summed E-state index contributed by atoms with van der Waals surface area (Å²) in [7, 11) is 0. The average Bonchev–Trinajstić information content (AvgIpc) is 2.90. The summed E-state index contributed by atoms with van der Waals surface area (Å²) in [6.45, 7) is 10.4. The summed E-state index contributed by atoms with van der Waals surface area (Å²) in [6, 6.07) is 25.0. The summed E-state index contributed by atoms with van der Waals surface area (Å²) >= 11 is 0. The Morgan fingerprint density at radius 3 is 2.22 bits per heavy atom. The van der Waals surface area contributed by atoms with E-state index in [1.807, 2.05) is 99.6 Å². The standard InChI is InChI=1S/C32H40N2O3/c1-6-25(5)33-32(36)29(20-26-15-8-7-9-16-26)34(21-27-17-11-10-14-24(27)4)31(35)22-37-30-19-13-12-18-28(30)23(2)3/h7-19,23,25,29H,6,20-22H2,1-5H3,(H,33,36). The molecule has 0 aromatic heterocycles. The lowest BCUT2D eigenvalue weighted by Crippen LogP contribution is -2.53. The van der Waals surface area contributed by atoms with Crippen molar-refractivity contribution in [2.24, 2.45) is 0 Å². The minimum absolute atomic E-state index is 0.00959. The fourth-order valence-corrected chi connectivity index (χ4v) is 4.28. The van der Waals surface area contributed by atoms with E-state index < -0.39 is 6.04 Å². The maximum Gasteiger partial charge on any atom is 0.261 e. The van der Waals surface area contributed by atoms with Gasteiger partial charge in [0.15, 0.2) is 6.61 Å². The molecule has 3 aromatic carbocycles. The Labute approximate surface area is 221 Å². The van der Waals surface area contributed by atoms with Crippen LogP contribution in [0.3, 0.4) is 0 Å². The normalized spacial score (nSPS) is 12.6. The van der Waals surface area contributed by atoms with Gasteiger partial charge in [0.05, 0.1) is 0 Å². The Bertz CT molecular complexity index is 1160. The number of amides is 2. The van der Waals surface area contributed by atoms with Crippen LogP contribution in [-0.2, 0) is 22.6 Å². The quantitative estimate of drug-likeness (QED) is 0.329. The molecule has 5 heteroatoms. The second-order valence-electron chi connectivity index (χ2n) is 9.95. The van der Waals surface area contributed by atoms with Crippen LogP contribution in [0.4, 0.5) is 0 Å². The number of carbonyl (C=O) groups is 2. The number of ether oxygens (including phenoxy) is 1. The van der Waals surface area contributed by atoms with Gasteiger partial charge in [-0.2, -0.15) is 0 Å². The Morgan fingerprint density at radius 2 is 1.54 bits per heavy atom. The molecule has 2 amide bonds. The molecule has 0 aliphatic rings. The van der Waals surface area contributed by atoms with Crippen LogP contribution < -0.4 is 10.1 Å². The molecule has 2 unspecified atom stereocenters. The zero-order chi connectivity index (χ0) is 26.8. The second-order valence-corrected chi connectivity index (χ2v) is 9.95. The number of rotatable bonds is 12. The molecule has 1 N–H and O–H groups in total. The Morgan fingerprint density at radius 1 is 0.892 bits per heavy atom. The van der Waals surface area contributed by atoms with Crippen molar-refractivity contribution in [3.63, 3.8) is 0 Å². The van der Waals surface area contributed by atoms with E-state index in [4.69, 9.17) is 4.74 Å². The van der Waals surface area contributed by atoms with Crippen molar-refractivity contribution >= 4 is 11.8 Å². The molecule has 0 aliphatic carbocycles. The van der Waals surface area contributed by atoms with Gasteiger partial charge in [0.2, 0.25) is 5.91 Å². The van der Waals surface area contributed by atoms with Gasteiger partial charge in [-0.05, 0) is 54.5 Å². The van der Waals surface area contributed by atoms with Crippen molar-refractivity contribution < 1.29 is 14.3 Å². The van der Waals surface area contributed by atoms with Gasteiger partial charge in [0.25, 0.3) is 5.91 Å². The molecule has 2 atom stereocenters. The third-order valence-corrected chi connectivity index (χ3v) is 6.77. The Hall–Kier alpha value is -3.60. The highest BCUT2D eigenvalue weighted by Gasteiger charge is 2.31. The minimum atomic E-state index is -0.674. The number of para-hydroxylation sites is 1. The monoisotopic (exact) mass is 500 g/mol. The number of nitrogens with one attached hydrogen (secondary N) is 1. The van der Waals surface area contributed by atoms with Crippen molar-refractivity contribution in [3.05, 3.63) is 101 Å². The van der Waals surface area contributed by atoms with Gasteiger partial charge in [-0.15, -0.1) is 0 Å². The highest BCUT2D eigenvalue weighted by molar-refractivity contribution is 5.88. The van der Waals surface area contributed by atoms with Gasteiger partial charge in [-0.1, -0.05) is 93.6 Å². The summed E-state index contributed by atoms with van der Waals surface area (Å²) in [5.41, 5.74) is 4.14. The largest absolute Gasteiger partial charge is 0.483 e. The van der Waals surface area contributed by atoms with Crippen molar-refractivity contribution in [1.82, 2.24) is 10.2 Å². The van der Waals surface area contributed by atoms with Crippen molar-refractivity contribution in [2.75, 3.05) is 6.61 Å². The molecule has 0 heterocycles. The number of aryl methyl sites for hydroxylation is 1. The highest BCUT2D eigenvalue weighted by atomic mass is 16.5. The van der Waals surface area contributed by atoms with Crippen LogP contribution in [0.15, 0.2) is 78.9 Å². The molecule has 0 aliphatic heterocycles. The van der Waals surface area contributed by atoms with E-state index in [0.29, 0.717) is 18.7 Å². The van der Waals surface area contributed by atoms with Gasteiger partial charge in [0.1, 0.15) is 11.8 Å². The van der Waals surface area contributed by atoms with Crippen molar-refractivity contribution in [1.29, 1.82) is 0 Å². The molecule has 0 saturated carbocycles. The summed E-state index contributed by atoms with van der Waals surface area (Å²) in [6.07, 6.45) is 1.23. The molecule has 0 radical (unpaired) electrons. The predicted molar refractivity (Wildman–Crippen MR) is 150 cm³/mol. The minimum Gasteiger partial charge on any atom is -0.483 e. The first-order valence-corrected chi connectivity index (χ1v) is 13.2. The smallest absolute Gasteiger partial charge is 0.261 e. The molecule has 3 rings (SSSR count). The average molecular weight is 501 g/mol. The van der Waals surface area contributed by atoms with E-state index >= 15 is 0 Å². The molecular formula is C32H40N2O3.